The zero-order valence-corrected chi connectivity index (χ0v) is 35.8. The summed E-state index contributed by atoms with van der Waals surface area (Å²) in [7, 11) is 0. The monoisotopic (exact) mass is 1030 g/mol. The van der Waals surface area contributed by atoms with Gasteiger partial charge in [0.2, 0.25) is 0 Å². The van der Waals surface area contributed by atoms with Gasteiger partial charge in [-0.2, -0.15) is 9.79 Å². The van der Waals surface area contributed by atoms with Crippen LogP contribution in [0.2, 0.25) is 0 Å². The zero-order chi connectivity index (χ0) is 32.7. The van der Waals surface area contributed by atoms with Gasteiger partial charge in [0, 0.05) is 0 Å². The van der Waals surface area contributed by atoms with Crippen LogP contribution >= 0.6 is 0 Å². The van der Waals surface area contributed by atoms with Gasteiger partial charge in [-0.15, -0.1) is 0 Å². The molecule has 0 heterocycles. The Morgan fingerprint density at radius 3 is 0.723 bits per heavy atom. The van der Waals surface area contributed by atoms with Crippen LogP contribution in [0.15, 0.2) is 210 Å². The van der Waals surface area contributed by atoms with Crippen LogP contribution in [-0.4, -0.2) is 45.4 Å². The number of benzene rings is 7. The van der Waals surface area contributed by atoms with Gasteiger partial charge in [0.05, 0.1) is 0 Å². The minimum absolute atomic E-state index is 0.774. The third-order valence-corrected chi connectivity index (χ3v) is 29.5. The van der Waals surface area contributed by atoms with Gasteiger partial charge in [0.25, 0.3) is 0 Å². The van der Waals surface area contributed by atoms with Gasteiger partial charge in [-0.1, -0.05) is 23.8 Å². The molecule has 230 valence electrons. The first-order chi connectivity index (χ1) is 23.1. The van der Waals surface area contributed by atoms with Crippen molar-refractivity contribution >= 4 is 89.4 Å². The molecule has 0 aliphatic carbocycles. The van der Waals surface area contributed by atoms with E-state index in [2.05, 4.69) is 182 Å². The Bertz CT molecular complexity index is 1580. The molecule has 0 aromatic heterocycles. The summed E-state index contributed by atoms with van der Waals surface area (Å²) in [5, 5.41) is 0. The van der Waals surface area contributed by atoms with Gasteiger partial charge < -0.3 is 25.3 Å². The van der Waals surface area contributed by atoms with Crippen molar-refractivity contribution in [3.8, 4) is 0 Å². The number of hydrogen-bond donors (Lipinski definition) is 0. The molecule has 0 unspecified atom stereocenters. The second kappa shape index (κ2) is 19.0. The molecule has 0 nitrogen and oxygen atoms in total. The van der Waals surface area contributed by atoms with E-state index in [0.717, 1.165) is 9.79 Å². The van der Waals surface area contributed by atoms with Gasteiger partial charge >= 0.3 is 246 Å². The summed E-state index contributed by atoms with van der Waals surface area (Å²) in [6.45, 7) is 2.00. The molecule has 0 fully saturated rings. The SMILES string of the molecule is Cc1ccc([S-])c([S-])c1.c1cc[c]([Pb]([c]2ccccc2)[c]2ccccc2)cc1.c1cc[c]([Pb]([c]2ccccc2)[c]2ccccc2)cc1. The summed E-state index contributed by atoms with van der Waals surface area (Å²) in [6, 6.07) is 71.8. The van der Waals surface area contributed by atoms with Crippen molar-refractivity contribution in [2.75, 3.05) is 0 Å². The predicted molar refractivity (Wildman–Crippen MR) is 210 cm³/mol. The Balaban J connectivity index is 0.000000148. The molecule has 0 aliphatic rings. The van der Waals surface area contributed by atoms with Gasteiger partial charge in [0.15, 0.2) is 0 Å². The molecule has 0 saturated carbocycles. The van der Waals surface area contributed by atoms with E-state index in [1.165, 1.54) is 5.56 Å². The maximum absolute atomic E-state index is 4.94. The molecule has 0 bridgehead atoms. The Labute approximate surface area is 308 Å². The quantitative estimate of drug-likeness (QED) is 0.144. The number of aryl methyl sites for hydroxylation is 1. The minimum atomic E-state index is -2.17. The third-order valence-electron chi connectivity index (χ3n) is 7.47. The van der Waals surface area contributed by atoms with Crippen molar-refractivity contribution in [2.24, 2.45) is 0 Å². The zero-order valence-electron chi connectivity index (χ0n) is 26.4. The van der Waals surface area contributed by atoms with E-state index in [4.69, 9.17) is 25.3 Å². The van der Waals surface area contributed by atoms with Crippen molar-refractivity contribution in [2.45, 2.75) is 16.7 Å². The molecule has 7 aromatic rings. The van der Waals surface area contributed by atoms with Crippen molar-refractivity contribution < 1.29 is 0 Å². The van der Waals surface area contributed by atoms with E-state index in [1.54, 1.807) is 18.7 Å². The van der Waals surface area contributed by atoms with Gasteiger partial charge in [-0.3, -0.25) is 0 Å². The van der Waals surface area contributed by atoms with E-state index in [-0.39, 0.29) is 0 Å². The summed E-state index contributed by atoms with van der Waals surface area (Å²) in [6.07, 6.45) is 0. The Kier molecular flexibility index (Phi) is 14.2. The van der Waals surface area contributed by atoms with Crippen LogP contribution < -0.4 is 18.7 Å². The average molecular weight is 1030 g/mol. The molecule has 0 atom stereocenters. The van der Waals surface area contributed by atoms with Gasteiger partial charge in [-0.25, -0.2) is 0 Å². The third kappa shape index (κ3) is 10.7. The molecule has 0 spiro atoms. The molecule has 0 N–H and O–H groups in total. The second-order valence-corrected chi connectivity index (χ2v) is 31.1. The van der Waals surface area contributed by atoms with Crippen LogP contribution in [-0.2, 0) is 25.3 Å². The van der Waals surface area contributed by atoms with Crippen molar-refractivity contribution in [1.29, 1.82) is 0 Å². The van der Waals surface area contributed by atoms with E-state index in [1.807, 2.05) is 25.1 Å². The average Bonchev–Trinajstić information content (AvgIpc) is 3.14. The first-order valence-electron chi connectivity index (χ1n) is 15.6. The molecule has 47 heavy (non-hydrogen) atoms. The summed E-state index contributed by atoms with van der Waals surface area (Å²) < 4.78 is 9.28. The fourth-order valence-corrected chi connectivity index (χ4v) is 25.7. The normalized spacial score (nSPS) is 10.4. The second-order valence-electron chi connectivity index (χ2n) is 10.9. The molecule has 0 aliphatic heterocycles. The van der Waals surface area contributed by atoms with E-state index in [0.29, 0.717) is 0 Å². The van der Waals surface area contributed by atoms with Crippen LogP contribution in [0, 0.1) is 6.92 Å². The Morgan fingerprint density at radius 2 is 0.532 bits per heavy atom. The first-order valence-corrected chi connectivity index (χ1v) is 28.1. The summed E-state index contributed by atoms with van der Waals surface area (Å²) in [4.78, 5) is 1.56. The molecular weight excluding hydrogens is 995 g/mol. The summed E-state index contributed by atoms with van der Waals surface area (Å²) >= 11 is 5.50. The molecule has 7 aromatic carbocycles. The summed E-state index contributed by atoms with van der Waals surface area (Å²) in [5.41, 5.74) is 1.17. The number of hydrogen-bond acceptors (Lipinski definition) is 2. The van der Waals surface area contributed by atoms with E-state index >= 15 is 0 Å². The molecular formula is C43H36Pb2S2-2. The van der Waals surface area contributed by atoms with Crippen molar-refractivity contribution in [1.82, 2.24) is 0 Å². The topological polar surface area (TPSA) is 0 Å². The standard InChI is InChI=1S/C7H8S2.6C6H5.2Pb/c1-5-2-3-6(8)7(9)4-5;6*1-2-4-6-5-3-1;;/h2-4,8-9H,1H3;6*1-5H;;/p-2. The molecule has 0 saturated heterocycles. The summed E-state index contributed by atoms with van der Waals surface area (Å²) in [5.74, 6) is 0. The van der Waals surface area contributed by atoms with E-state index in [9.17, 15) is 0 Å². The molecule has 4 heteroatoms. The van der Waals surface area contributed by atoms with Crippen LogP contribution in [0.4, 0.5) is 0 Å². The number of rotatable bonds is 6. The fourth-order valence-electron chi connectivity index (χ4n) is 5.24. The molecule has 0 amide bonds. The van der Waals surface area contributed by atoms with Crippen LogP contribution in [0.5, 0.6) is 0 Å². The van der Waals surface area contributed by atoms with E-state index < -0.39 is 45.4 Å². The maximum atomic E-state index is 4.94. The van der Waals surface area contributed by atoms with Crippen LogP contribution in [0.3, 0.4) is 0 Å². The van der Waals surface area contributed by atoms with Crippen LogP contribution in [0.25, 0.3) is 0 Å². The fraction of sp³-hybridized carbons (Fsp3) is 0.0233. The first kappa shape index (κ1) is 35.1. The Hall–Kier alpha value is -3.18. The van der Waals surface area contributed by atoms with Gasteiger partial charge in [-0.05, 0) is 6.92 Å². The Morgan fingerprint density at radius 1 is 0.298 bits per heavy atom. The molecule has 2 radical (unpaired) electrons. The predicted octanol–water partition coefficient (Wildman–Crippen LogP) is 6.21. The van der Waals surface area contributed by atoms with Gasteiger partial charge in [0.1, 0.15) is 0 Å². The van der Waals surface area contributed by atoms with Crippen molar-refractivity contribution in [3.05, 3.63) is 206 Å². The molecule has 7 rings (SSSR count). The van der Waals surface area contributed by atoms with Crippen molar-refractivity contribution in [3.63, 3.8) is 0 Å². The van der Waals surface area contributed by atoms with Crippen LogP contribution in [0.1, 0.15) is 5.56 Å².